The quantitative estimate of drug-likeness (QED) is 0.637. The molecule has 2 heteroatoms. The van der Waals surface area contributed by atoms with Crippen LogP contribution in [0.4, 0.5) is 0 Å². The van der Waals surface area contributed by atoms with Crippen molar-refractivity contribution in [3.8, 4) is 0 Å². The molecule has 0 aliphatic carbocycles. The Labute approximate surface area is 88.4 Å². The minimum atomic E-state index is 0.566. The lowest BCUT2D eigenvalue weighted by atomic mass is 9.80. The Kier molecular flexibility index (Phi) is 4.43. The van der Waals surface area contributed by atoms with Crippen LogP contribution in [-0.4, -0.2) is 30.9 Å². The van der Waals surface area contributed by atoms with E-state index in [4.69, 9.17) is 0 Å². The van der Waals surface area contributed by atoms with E-state index >= 15 is 0 Å². The van der Waals surface area contributed by atoms with Gasteiger partial charge in [-0.25, -0.2) is 0 Å². The van der Waals surface area contributed by atoms with Gasteiger partial charge >= 0.3 is 0 Å². The summed E-state index contributed by atoms with van der Waals surface area (Å²) in [5.41, 5.74) is 0.566. The van der Waals surface area contributed by atoms with E-state index in [1.165, 1.54) is 32.2 Å². The van der Waals surface area contributed by atoms with Gasteiger partial charge in [-0.15, -0.1) is 0 Å². The van der Waals surface area contributed by atoms with Gasteiger partial charge in [0.25, 0.3) is 0 Å². The first-order chi connectivity index (χ1) is 6.70. The third kappa shape index (κ3) is 3.32. The van der Waals surface area contributed by atoms with Gasteiger partial charge in [-0.2, -0.15) is 0 Å². The van der Waals surface area contributed by atoms with Crippen molar-refractivity contribution >= 4 is 6.34 Å². The summed E-state index contributed by atoms with van der Waals surface area (Å²) in [6.45, 7) is 10.3. The number of rotatable bonds is 6. The minimum absolute atomic E-state index is 0.566. The van der Waals surface area contributed by atoms with Gasteiger partial charge < -0.3 is 4.90 Å². The zero-order valence-corrected chi connectivity index (χ0v) is 9.92. The van der Waals surface area contributed by atoms with Gasteiger partial charge in [-0.1, -0.05) is 33.6 Å². The Balaban J connectivity index is 2.16. The second kappa shape index (κ2) is 5.38. The Hall–Kier alpha value is -0.530. The Morgan fingerprint density at radius 1 is 1.36 bits per heavy atom. The zero-order chi connectivity index (χ0) is 10.4. The molecule has 0 unspecified atom stereocenters. The summed E-state index contributed by atoms with van der Waals surface area (Å²) in [5, 5.41) is 0. The average Bonchev–Trinajstić information content (AvgIpc) is 2.70. The first-order valence-electron chi connectivity index (χ1n) is 5.94. The number of hydrogen-bond donors (Lipinski definition) is 0. The van der Waals surface area contributed by atoms with Gasteiger partial charge in [-0.3, -0.25) is 4.99 Å². The monoisotopic (exact) mass is 196 g/mol. The molecule has 0 aromatic rings. The summed E-state index contributed by atoms with van der Waals surface area (Å²) in [4.78, 5) is 6.56. The highest BCUT2D eigenvalue weighted by Crippen LogP contribution is 2.30. The fourth-order valence-corrected chi connectivity index (χ4v) is 1.90. The Bertz CT molecular complexity index is 183. The number of aliphatic imine (C=N–C) groups is 1. The maximum atomic E-state index is 4.22. The normalized spacial score (nSPS) is 16.6. The summed E-state index contributed by atoms with van der Waals surface area (Å²) in [7, 11) is 0. The highest BCUT2D eigenvalue weighted by Gasteiger charge is 2.19. The van der Waals surface area contributed by atoms with Crippen LogP contribution in [0, 0.1) is 5.41 Å². The molecule has 1 aliphatic heterocycles. The molecule has 1 heterocycles. The van der Waals surface area contributed by atoms with Crippen LogP contribution in [0.25, 0.3) is 0 Å². The standard InChI is InChI=1S/C12H24N2/c1-4-12(3,5-2)7-6-9-14-10-8-13-11-14/h11H,4-10H2,1-3H3. The molecular weight excluding hydrogens is 172 g/mol. The van der Waals surface area contributed by atoms with Crippen molar-refractivity contribution in [3.63, 3.8) is 0 Å². The van der Waals surface area contributed by atoms with Gasteiger partial charge in [0, 0.05) is 13.1 Å². The van der Waals surface area contributed by atoms with E-state index in [1.54, 1.807) is 0 Å². The molecule has 0 saturated carbocycles. The van der Waals surface area contributed by atoms with E-state index in [-0.39, 0.29) is 0 Å². The summed E-state index contributed by atoms with van der Waals surface area (Å²) in [5.74, 6) is 0. The van der Waals surface area contributed by atoms with Gasteiger partial charge in [0.2, 0.25) is 0 Å². The molecule has 0 aromatic heterocycles. The molecule has 1 aliphatic rings. The molecule has 0 N–H and O–H groups in total. The van der Waals surface area contributed by atoms with E-state index in [9.17, 15) is 0 Å². The molecule has 0 spiro atoms. The topological polar surface area (TPSA) is 15.6 Å². The summed E-state index contributed by atoms with van der Waals surface area (Å²) < 4.78 is 0. The van der Waals surface area contributed by atoms with Crippen molar-refractivity contribution in [2.24, 2.45) is 10.4 Å². The van der Waals surface area contributed by atoms with Crippen LogP contribution >= 0.6 is 0 Å². The van der Waals surface area contributed by atoms with Crippen molar-refractivity contribution in [3.05, 3.63) is 0 Å². The van der Waals surface area contributed by atoms with E-state index < -0.39 is 0 Å². The molecule has 0 radical (unpaired) electrons. The lowest BCUT2D eigenvalue weighted by Crippen LogP contribution is -2.23. The third-order valence-corrected chi connectivity index (χ3v) is 3.69. The molecule has 0 amide bonds. The van der Waals surface area contributed by atoms with Crippen LogP contribution in [0.15, 0.2) is 4.99 Å². The smallest absolute Gasteiger partial charge is 0.0851 e. The molecule has 0 bridgehead atoms. The molecule has 2 nitrogen and oxygen atoms in total. The van der Waals surface area contributed by atoms with Crippen LogP contribution in [0.5, 0.6) is 0 Å². The fraction of sp³-hybridized carbons (Fsp3) is 0.917. The molecule has 1 rings (SSSR count). The lowest BCUT2D eigenvalue weighted by molar-refractivity contribution is 0.255. The second-order valence-electron chi connectivity index (χ2n) is 4.68. The molecule has 0 aromatic carbocycles. The van der Waals surface area contributed by atoms with Crippen molar-refractivity contribution in [1.29, 1.82) is 0 Å². The van der Waals surface area contributed by atoms with Crippen molar-refractivity contribution in [1.82, 2.24) is 4.90 Å². The summed E-state index contributed by atoms with van der Waals surface area (Å²) in [6.07, 6.45) is 7.28. The van der Waals surface area contributed by atoms with E-state index in [1.807, 2.05) is 6.34 Å². The molecular formula is C12H24N2. The van der Waals surface area contributed by atoms with Gasteiger partial charge in [-0.05, 0) is 18.3 Å². The summed E-state index contributed by atoms with van der Waals surface area (Å²) in [6, 6.07) is 0. The van der Waals surface area contributed by atoms with Gasteiger partial charge in [0.1, 0.15) is 0 Å². The highest BCUT2D eigenvalue weighted by atomic mass is 15.2. The predicted octanol–water partition coefficient (Wildman–Crippen LogP) is 2.94. The maximum Gasteiger partial charge on any atom is 0.0851 e. The first-order valence-corrected chi connectivity index (χ1v) is 5.94. The highest BCUT2D eigenvalue weighted by molar-refractivity contribution is 5.56. The second-order valence-corrected chi connectivity index (χ2v) is 4.68. The maximum absolute atomic E-state index is 4.22. The van der Waals surface area contributed by atoms with Gasteiger partial charge in [0.05, 0.1) is 12.9 Å². The number of nitrogens with zero attached hydrogens (tertiary/aromatic N) is 2. The van der Waals surface area contributed by atoms with E-state index in [0.717, 1.165) is 13.1 Å². The van der Waals surface area contributed by atoms with Crippen LogP contribution in [-0.2, 0) is 0 Å². The zero-order valence-electron chi connectivity index (χ0n) is 9.92. The van der Waals surface area contributed by atoms with Crippen LogP contribution in [0.3, 0.4) is 0 Å². The first kappa shape index (κ1) is 11.5. The largest absolute Gasteiger partial charge is 0.361 e. The minimum Gasteiger partial charge on any atom is -0.361 e. The molecule has 0 fully saturated rings. The van der Waals surface area contributed by atoms with Crippen LogP contribution < -0.4 is 0 Å². The number of hydrogen-bond acceptors (Lipinski definition) is 2. The molecule has 82 valence electrons. The van der Waals surface area contributed by atoms with Crippen molar-refractivity contribution in [2.75, 3.05) is 19.6 Å². The molecule has 14 heavy (non-hydrogen) atoms. The van der Waals surface area contributed by atoms with Crippen molar-refractivity contribution < 1.29 is 0 Å². The lowest BCUT2D eigenvalue weighted by Gasteiger charge is -2.27. The SMILES string of the molecule is CCC(C)(CC)CCCN1C=NCC1. The van der Waals surface area contributed by atoms with Crippen LogP contribution in [0.1, 0.15) is 46.5 Å². The molecule has 0 atom stereocenters. The fourth-order valence-electron chi connectivity index (χ4n) is 1.90. The summed E-state index contributed by atoms with van der Waals surface area (Å²) >= 11 is 0. The van der Waals surface area contributed by atoms with Gasteiger partial charge in [0.15, 0.2) is 0 Å². The van der Waals surface area contributed by atoms with E-state index in [0.29, 0.717) is 5.41 Å². The third-order valence-electron chi connectivity index (χ3n) is 3.69. The van der Waals surface area contributed by atoms with Crippen molar-refractivity contribution in [2.45, 2.75) is 46.5 Å². The average molecular weight is 196 g/mol. The van der Waals surface area contributed by atoms with Crippen LogP contribution in [0.2, 0.25) is 0 Å². The Morgan fingerprint density at radius 3 is 2.57 bits per heavy atom. The predicted molar refractivity (Wildman–Crippen MR) is 62.9 cm³/mol. The molecule has 0 saturated heterocycles. The Morgan fingerprint density at radius 2 is 2.07 bits per heavy atom. The van der Waals surface area contributed by atoms with E-state index in [2.05, 4.69) is 30.7 Å².